The van der Waals surface area contributed by atoms with Crippen LogP contribution in [0.5, 0.6) is 5.75 Å². The van der Waals surface area contributed by atoms with Gasteiger partial charge in [0.15, 0.2) is 0 Å². The quantitative estimate of drug-likeness (QED) is 0.569. The van der Waals surface area contributed by atoms with Crippen molar-refractivity contribution in [1.82, 2.24) is 0 Å². The zero-order chi connectivity index (χ0) is 9.68. The standard InChI is InChI=1S/C10H14N2O/c1-3-10(11)12-8-6-4-5-7-9(8)13-2/h4-7H,3H2,1-2H3,(H2,11,12). The molecule has 1 rings (SSSR count). The zero-order valence-corrected chi connectivity index (χ0v) is 7.95. The van der Waals surface area contributed by atoms with Gasteiger partial charge in [-0.25, -0.2) is 4.99 Å². The molecule has 0 saturated carbocycles. The minimum atomic E-state index is 0.615. The van der Waals surface area contributed by atoms with Crippen LogP contribution in [0.4, 0.5) is 5.69 Å². The molecule has 0 aromatic heterocycles. The molecular weight excluding hydrogens is 164 g/mol. The Labute approximate surface area is 78.2 Å². The van der Waals surface area contributed by atoms with Crippen molar-refractivity contribution >= 4 is 11.5 Å². The largest absolute Gasteiger partial charge is 0.494 e. The van der Waals surface area contributed by atoms with Gasteiger partial charge in [0.1, 0.15) is 11.4 Å². The van der Waals surface area contributed by atoms with Gasteiger partial charge in [-0.1, -0.05) is 19.1 Å². The molecule has 0 radical (unpaired) electrons. The van der Waals surface area contributed by atoms with Crippen LogP contribution in [0.3, 0.4) is 0 Å². The number of nitrogens with zero attached hydrogens (tertiary/aromatic N) is 1. The molecule has 3 heteroatoms. The monoisotopic (exact) mass is 178 g/mol. The lowest BCUT2D eigenvalue weighted by atomic mass is 10.3. The van der Waals surface area contributed by atoms with Crippen LogP contribution in [0, 0.1) is 0 Å². The lowest BCUT2D eigenvalue weighted by Gasteiger charge is -2.03. The number of ether oxygens (including phenoxy) is 1. The fourth-order valence-corrected chi connectivity index (χ4v) is 0.956. The fourth-order valence-electron chi connectivity index (χ4n) is 0.956. The summed E-state index contributed by atoms with van der Waals surface area (Å²) in [5.41, 5.74) is 6.40. The van der Waals surface area contributed by atoms with E-state index in [4.69, 9.17) is 10.5 Å². The van der Waals surface area contributed by atoms with Crippen molar-refractivity contribution in [1.29, 1.82) is 0 Å². The molecule has 0 heterocycles. The van der Waals surface area contributed by atoms with Crippen LogP contribution in [0.15, 0.2) is 29.3 Å². The molecule has 3 nitrogen and oxygen atoms in total. The van der Waals surface area contributed by atoms with Gasteiger partial charge in [-0.2, -0.15) is 0 Å². The Bertz CT molecular complexity index is 308. The van der Waals surface area contributed by atoms with Gasteiger partial charge in [-0.3, -0.25) is 0 Å². The van der Waals surface area contributed by atoms with Crippen LogP contribution >= 0.6 is 0 Å². The van der Waals surface area contributed by atoms with E-state index in [-0.39, 0.29) is 0 Å². The van der Waals surface area contributed by atoms with Gasteiger partial charge in [0, 0.05) is 6.42 Å². The summed E-state index contributed by atoms with van der Waals surface area (Å²) in [4.78, 5) is 4.22. The highest BCUT2D eigenvalue weighted by Crippen LogP contribution is 2.26. The Balaban J connectivity index is 2.99. The minimum Gasteiger partial charge on any atom is -0.494 e. The number of methoxy groups -OCH3 is 1. The van der Waals surface area contributed by atoms with Crippen molar-refractivity contribution in [2.24, 2.45) is 10.7 Å². The summed E-state index contributed by atoms with van der Waals surface area (Å²) in [6.45, 7) is 1.97. The average Bonchev–Trinajstić information content (AvgIpc) is 2.18. The van der Waals surface area contributed by atoms with Crippen LogP contribution in [-0.2, 0) is 0 Å². The minimum absolute atomic E-state index is 0.615. The van der Waals surface area contributed by atoms with Crippen LogP contribution in [0.1, 0.15) is 13.3 Å². The number of hydrogen-bond donors (Lipinski definition) is 1. The van der Waals surface area contributed by atoms with Gasteiger partial charge in [0.05, 0.1) is 12.9 Å². The highest BCUT2D eigenvalue weighted by atomic mass is 16.5. The van der Waals surface area contributed by atoms with Crippen molar-refractivity contribution in [3.63, 3.8) is 0 Å². The summed E-state index contributed by atoms with van der Waals surface area (Å²) in [6.07, 6.45) is 0.748. The molecular formula is C10H14N2O. The number of hydrogen-bond acceptors (Lipinski definition) is 2. The third-order valence-electron chi connectivity index (χ3n) is 1.71. The van der Waals surface area contributed by atoms with E-state index in [0.717, 1.165) is 17.9 Å². The number of para-hydroxylation sites is 2. The predicted octanol–water partition coefficient (Wildman–Crippen LogP) is 2.09. The van der Waals surface area contributed by atoms with Crippen LogP contribution in [-0.4, -0.2) is 12.9 Å². The van der Waals surface area contributed by atoms with Crippen molar-refractivity contribution in [2.75, 3.05) is 7.11 Å². The molecule has 0 spiro atoms. The molecule has 0 aliphatic carbocycles. The topological polar surface area (TPSA) is 47.6 Å². The second-order valence-corrected chi connectivity index (χ2v) is 2.63. The summed E-state index contributed by atoms with van der Waals surface area (Å²) in [5.74, 6) is 1.36. The van der Waals surface area contributed by atoms with Gasteiger partial charge in [-0.05, 0) is 12.1 Å². The first-order chi connectivity index (χ1) is 6.27. The highest BCUT2D eigenvalue weighted by molar-refractivity contribution is 5.83. The summed E-state index contributed by atoms with van der Waals surface area (Å²) in [7, 11) is 1.62. The molecule has 0 aliphatic heterocycles. The number of amidine groups is 1. The Morgan fingerprint density at radius 2 is 2.15 bits per heavy atom. The molecule has 1 aromatic rings. The number of rotatable bonds is 3. The smallest absolute Gasteiger partial charge is 0.144 e. The van der Waals surface area contributed by atoms with E-state index in [9.17, 15) is 0 Å². The molecule has 0 bridgehead atoms. The normalized spacial score (nSPS) is 11.4. The fraction of sp³-hybridized carbons (Fsp3) is 0.300. The number of nitrogens with two attached hydrogens (primary N) is 1. The molecule has 0 atom stereocenters. The first-order valence-corrected chi connectivity index (χ1v) is 4.24. The maximum atomic E-state index is 5.62. The first-order valence-electron chi connectivity index (χ1n) is 4.24. The van der Waals surface area contributed by atoms with Crippen LogP contribution < -0.4 is 10.5 Å². The molecule has 1 aromatic carbocycles. The third-order valence-corrected chi connectivity index (χ3v) is 1.71. The molecule has 0 unspecified atom stereocenters. The predicted molar refractivity (Wildman–Crippen MR) is 54.6 cm³/mol. The Morgan fingerprint density at radius 3 is 2.77 bits per heavy atom. The number of benzene rings is 1. The second kappa shape index (κ2) is 4.50. The molecule has 0 aliphatic rings. The zero-order valence-electron chi connectivity index (χ0n) is 7.95. The Hall–Kier alpha value is -1.51. The van der Waals surface area contributed by atoms with E-state index in [2.05, 4.69) is 4.99 Å². The van der Waals surface area contributed by atoms with Crippen molar-refractivity contribution in [3.05, 3.63) is 24.3 Å². The molecule has 2 N–H and O–H groups in total. The van der Waals surface area contributed by atoms with Gasteiger partial charge >= 0.3 is 0 Å². The van der Waals surface area contributed by atoms with Gasteiger partial charge < -0.3 is 10.5 Å². The third kappa shape index (κ3) is 2.47. The summed E-state index contributed by atoms with van der Waals surface area (Å²) >= 11 is 0. The first kappa shape index (κ1) is 9.58. The van der Waals surface area contributed by atoms with Crippen LogP contribution in [0.25, 0.3) is 0 Å². The van der Waals surface area contributed by atoms with E-state index >= 15 is 0 Å². The molecule has 70 valence electrons. The van der Waals surface area contributed by atoms with E-state index in [1.807, 2.05) is 31.2 Å². The summed E-state index contributed by atoms with van der Waals surface area (Å²) in [5, 5.41) is 0. The van der Waals surface area contributed by atoms with E-state index in [0.29, 0.717) is 5.84 Å². The van der Waals surface area contributed by atoms with Gasteiger partial charge in [0.25, 0.3) is 0 Å². The van der Waals surface area contributed by atoms with E-state index < -0.39 is 0 Å². The SMILES string of the molecule is CCC(N)=Nc1ccccc1OC. The van der Waals surface area contributed by atoms with Crippen molar-refractivity contribution in [3.8, 4) is 5.75 Å². The second-order valence-electron chi connectivity index (χ2n) is 2.63. The average molecular weight is 178 g/mol. The molecule has 0 fully saturated rings. The Kier molecular flexibility index (Phi) is 3.31. The lowest BCUT2D eigenvalue weighted by molar-refractivity contribution is 0.416. The van der Waals surface area contributed by atoms with Crippen molar-refractivity contribution in [2.45, 2.75) is 13.3 Å². The van der Waals surface area contributed by atoms with E-state index in [1.165, 1.54) is 0 Å². The van der Waals surface area contributed by atoms with Crippen LogP contribution in [0.2, 0.25) is 0 Å². The van der Waals surface area contributed by atoms with E-state index in [1.54, 1.807) is 7.11 Å². The van der Waals surface area contributed by atoms with Crippen molar-refractivity contribution < 1.29 is 4.74 Å². The maximum Gasteiger partial charge on any atom is 0.144 e. The number of aliphatic imine (C=N–C) groups is 1. The Morgan fingerprint density at radius 1 is 1.46 bits per heavy atom. The van der Waals surface area contributed by atoms with Gasteiger partial charge in [0.2, 0.25) is 0 Å². The summed E-state index contributed by atoms with van der Waals surface area (Å²) in [6, 6.07) is 7.55. The van der Waals surface area contributed by atoms with Gasteiger partial charge in [-0.15, -0.1) is 0 Å². The molecule has 0 amide bonds. The lowest BCUT2D eigenvalue weighted by Crippen LogP contribution is -2.08. The molecule has 0 saturated heterocycles. The maximum absolute atomic E-state index is 5.62. The summed E-state index contributed by atoms with van der Waals surface area (Å²) < 4.78 is 5.13. The molecule has 13 heavy (non-hydrogen) atoms. The highest BCUT2D eigenvalue weighted by Gasteiger charge is 1.98.